The van der Waals surface area contributed by atoms with Gasteiger partial charge in [-0.15, -0.1) is 10.2 Å². The number of rotatable bonds is 6. The van der Waals surface area contributed by atoms with Crippen molar-refractivity contribution >= 4 is 28.8 Å². The quantitative estimate of drug-likeness (QED) is 0.680. The van der Waals surface area contributed by atoms with E-state index < -0.39 is 0 Å². The van der Waals surface area contributed by atoms with Crippen molar-refractivity contribution in [3.05, 3.63) is 63.5 Å². The predicted octanol–water partition coefficient (Wildman–Crippen LogP) is 3.50. The molecule has 138 valence electrons. The first-order chi connectivity index (χ1) is 13.1. The summed E-state index contributed by atoms with van der Waals surface area (Å²) in [5, 5.41) is 14.9. The summed E-state index contributed by atoms with van der Waals surface area (Å²) in [5.74, 6) is 1.39. The average molecular weight is 382 g/mol. The van der Waals surface area contributed by atoms with Crippen LogP contribution in [0, 0.1) is 6.92 Å². The average Bonchev–Trinajstić information content (AvgIpc) is 3.24. The summed E-state index contributed by atoms with van der Waals surface area (Å²) >= 11 is 1.33. The van der Waals surface area contributed by atoms with Gasteiger partial charge in [0, 0.05) is 17.2 Å². The molecule has 7 nitrogen and oxygen atoms in total. The topological polar surface area (TPSA) is 97.1 Å². The van der Waals surface area contributed by atoms with Gasteiger partial charge < -0.3 is 15.1 Å². The fourth-order valence-electron chi connectivity index (χ4n) is 2.59. The molecule has 0 spiro atoms. The molecule has 0 aliphatic heterocycles. The minimum Gasteiger partial charge on any atom is -0.465 e. The third kappa shape index (κ3) is 4.22. The normalized spacial score (nSPS) is 13.4. The minimum absolute atomic E-state index is 0.243. The van der Waals surface area contributed by atoms with E-state index in [0.717, 1.165) is 23.6 Å². The molecule has 1 aliphatic rings. The first-order valence-electron chi connectivity index (χ1n) is 8.67. The number of aromatic nitrogens is 2. The van der Waals surface area contributed by atoms with Crippen molar-refractivity contribution in [1.29, 1.82) is 0 Å². The van der Waals surface area contributed by atoms with E-state index in [1.54, 1.807) is 24.3 Å². The van der Waals surface area contributed by atoms with Gasteiger partial charge in [-0.2, -0.15) is 0 Å². The van der Waals surface area contributed by atoms with Gasteiger partial charge in [0.15, 0.2) is 0 Å². The van der Waals surface area contributed by atoms with Crippen LogP contribution < -0.4 is 10.6 Å². The molecule has 0 bridgehead atoms. The molecule has 0 saturated heterocycles. The summed E-state index contributed by atoms with van der Waals surface area (Å²) in [5.41, 5.74) is 0.983. The molecule has 3 aromatic rings. The summed E-state index contributed by atoms with van der Waals surface area (Å²) in [7, 11) is 0. The van der Waals surface area contributed by atoms with Crippen LogP contribution in [-0.2, 0) is 6.54 Å². The molecule has 0 radical (unpaired) electrons. The zero-order chi connectivity index (χ0) is 18.8. The monoisotopic (exact) mass is 382 g/mol. The Hall–Kier alpha value is -3.00. The molecule has 8 heteroatoms. The Labute approximate surface area is 159 Å². The number of nitrogens with one attached hydrogen (secondary N) is 2. The Kier molecular flexibility index (Phi) is 4.72. The zero-order valence-corrected chi connectivity index (χ0v) is 15.5. The summed E-state index contributed by atoms with van der Waals surface area (Å²) in [6.07, 6.45) is 2.23. The number of anilines is 1. The number of amides is 2. The number of hydrogen-bond donors (Lipinski definition) is 2. The van der Waals surface area contributed by atoms with Crippen molar-refractivity contribution in [3.8, 4) is 0 Å². The van der Waals surface area contributed by atoms with Gasteiger partial charge in [-0.1, -0.05) is 17.4 Å². The van der Waals surface area contributed by atoms with E-state index in [9.17, 15) is 9.59 Å². The summed E-state index contributed by atoms with van der Waals surface area (Å²) in [6.45, 7) is 2.15. The first kappa shape index (κ1) is 17.4. The highest BCUT2D eigenvalue weighted by atomic mass is 32.1. The number of aryl methyl sites for hydroxylation is 1. The molecule has 2 N–H and O–H groups in total. The second kappa shape index (κ2) is 7.32. The zero-order valence-electron chi connectivity index (χ0n) is 14.7. The minimum atomic E-state index is -0.317. The van der Waals surface area contributed by atoms with Gasteiger partial charge in [0.1, 0.15) is 16.5 Å². The third-order valence-corrected chi connectivity index (χ3v) is 5.25. The van der Waals surface area contributed by atoms with Crippen LogP contribution in [-0.4, -0.2) is 22.0 Å². The Bertz CT molecular complexity index is 990. The fourth-order valence-corrected chi connectivity index (χ4v) is 3.50. The highest BCUT2D eigenvalue weighted by molar-refractivity contribution is 7.13. The molecule has 2 amide bonds. The standard InChI is InChI=1S/C19H18N4O3S/c1-11-5-8-15(26-11)10-20-16(24)13-3-2-4-14(9-13)21-17(25)19-23-22-18(27-19)12-6-7-12/h2-5,8-9,12H,6-7,10H2,1H3,(H,20,24)(H,21,25). The van der Waals surface area contributed by atoms with Crippen molar-refractivity contribution in [3.63, 3.8) is 0 Å². The van der Waals surface area contributed by atoms with E-state index in [0.29, 0.717) is 34.5 Å². The van der Waals surface area contributed by atoms with E-state index >= 15 is 0 Å². The number of furan rings is 1. The van der Waals surface area contributed by atoms with Crippen LogP contribution in [0.2, 0.25) is 0 Å². The van der Waals surface area contributed by atoms with Crippen LogP contribution >= 0.6 is 11.3 Å². The fraction of sp³-hybridized carbons (Fsp3) is 0.263. The van der Waals surface area contributed by atoms with Crippen LogP contribution in [0.5, 0.6) is 0 Å². The molecule has 2 aromatic heterocycles. The SMILES string of the molecule is Cc1ccc(CNC(=O)c2cccc(NC(=O)c3nnc(C4CC4)s3)c2)o1. The van der Waals surface area contributed by atoms with Crippen molar-refractivity contribution in [1.82, 2.24) is 15.5 Å². The van der Waals surface area contributed by atoms with E-state index in [1.807, 2.05) is 19.1 Å². The van der Waals surface area contributed by atoms with Crippen molar-refractivity contribution in [2.45, 2.75) is 32.2 Å². The third-order valence-electron chi connectivity index (χ3n) is 4.16. The van der Waals surface area contributed by atoms with Crippen LogP contribution in [0.15, 0.2) is 40.8 Å². The number of carbonyl (C=O) groups excluding carboxylic acids is 2. The maximum absolute atomic E-state index is 12.3. The Morgan fingerprint density at radius 3 is 2.78 bits per heavy atom. The lowest BCUT2D eigenvalue weighted by atomic mass is 10.2. The Morgan fingerprint density at radius 1 is 1.19 bits per heavy atom. The maximum atomic E-state index is 12.3. The van der Waals surface area contributed by atoms with Crippen LogP contribution in [0.1, 0.15) is 55.4 Å². The lowest BCUT2D eigenvalue weighted by molar-refractivity contribution is 0.0946. The summed E-state index contributed by atoms with van der Waals surface area (Å²) < 4.78 is 5.43. The molecule has 0 atom stereocenters. The van der Waals surface area contributed by atoms with Crippen LogP contribution in [0.3, 0.4) is 0 Å². The summed E-state index contributed by atoms with van der Waals surface area (Å²) in [4.78, 5) is 24.7. The van der Waals surface area contributed by atoms with E-state index in [4.69, 9.17) is 4.42 Å². The molecule has 27 heavy (non-hydrogen) atoms. The summed E-state index contributed by atoms with van der Waals surface area (Å²) in [6, 6.07) is 10.4. The van der Waals surface area contributed by atoms with Crippen molar-refractivity contribution in [2.24, 2.45) is 0 Å². The maximum Gasteiger partial charge on any atom is 0.286 e. The van der Waals surface area contributed by atoms with Gasteiger partial charge in [-0.05, 0) is 50.1 Å². The van der Waals surface area contributed by atoms with Gasteiger partial charge in [-0.25, -0.2) is 0 Å². The number of benzene rings is 1. The molecule has 4 rings (SSSR count). The molecule has 1 fully saturated rings. The lowest BCUT2D eigenvalue weighted by Gasteiger charge is -2.07. The lowest BCUT2D eigenvalue weighted by Crippen LogP contribution is -2.22. The first-order valence-corrected chi connectivity index (χ1v) is 9.48. The van der Waals surface area contributed by atoms with Crippen molar-refractivity contribution < 1.29 is 14.0 Å². The van der Waals surface area contributed by atoms with E-state index in [1.165, 1.54) is 11.3 Å². The largest absolute Gasteiger partial charge is 0.465 e. The van der Waals surface area contributed by atoms with Crippen LogP contribution in [0.4, 0.5) is 5.69 Å². The van der Waals surface area contributed by atoms with Gasteiger partial charge in [0.2, 0.25) is 5.01 Å². The van der Waals surface area contributed by atoms with Gasteiger partial charge in [-0.3, -0.25) is 9.59 Å². The van der Waals surface area contributed by atoms with E-state index in [2.05, 4.69) is 20.8 Å². The molecule has 2 heterocycles. The highest BCUT2D eigenvalue weighted by Crippen LogP contribution is 2.41. The molecular weight excluding hydrogens is 364 g/mol. The van der Waals surface area contributed by atoms with Crippen molar-refractivity contribution in [2.75, 3.05) is 5.32 Å². The molecule has 1 saturated carbocycles. The highest BCUT2D eigenvalue weighted by Gasteiger charge is 2.28. The molecule has 1 aromatic carbocycles. The van der Waals surface area contributed by atoms with E-state index in [-0.39, 0.29) is 11.8 Å². The number of hydrogen-bond acceptors (Lipinski definition) is 6. The number of carbonyl (C=O) groups is 2. The Balaban J connectivity index is 1.38. The van der Waals surface area contributed by atoms with Gasteiger partial charge in [0.05, 0.1) is 6.54 Å². The Morgan fingerprint density at radius 2 is 2.04 bits per heavy atom. The second-order valence-corrected chi connectivity index (χ2v) is 7.46. The molecule has 0 unspecified atom stereocenters. The predicted molar refractivity (Wildman–Crippen MR) is 101 cm³/mol. The van der Waals surface area contributed by atoms with Crippen LogP contribution in [0.25, 0.3) is 0 Å². The van der Waals surface area contributed by atoms with Gasteiger partial charge >= 0.3 is 0 Å². The molecule has 1 aliphatic carbocycles. The second-order valence-electron chi connectivity index (χ2n) is 6.45. The molecular formula is C19H18N4O3S. The smallest absolute Gasteiger partial charge is 0.286 e. The number of nitrogens with zero attached hydrogens (tertiary/aromatic N) is 2. The van der Waals surface area contributed by atoms with Gasteiger partial charge in [0.25, 0.3) is 11.8 Å².